The quantitative estimate of drug-likeness (QED) is 0.380. The van der Waals surface area contributed by atoms with Crippen LogP contribution in [0.15, 0.2) is 52.5 Å². The molecule has 1 N–H and O–H groups in total. The molecule has 0 radical (unpaired) electrons. The number of hydrogen-bond acceptors (Lipinski definition) is 7. The Morgan fingerprint density at radius 2 is 1.72 bits per heavy atom. The summed E-state index contributed by atoms with van der Waals surface area (Å²) in [5.41, 5.74) is 4.22. The second-order valence-corrected chi connectivity index (χ2v) is 8.32. The van der Waals surface area contributed by atoms with E-state index in [1.807, 2.05) is 43.3 Å². The topological polar surface area (TPSA) is 108 Å². The Morgan fingerprint density at radius 1 is 1.10 bits per heavy atom. The number of hydrogen-bond donors (Lipinski definition) is 1. The SMILES string of the molecule is CCN(CC)S(=O)(=O)c1ccc(N/N=C\c2ccc(N(C)C)cc2)c([N+](=O)[O-])c1. The minimum atomic E-state index is -3.79. The van der Waals surface area contributed by atoms with Crippen LogP contribution in [-0.2, 0) is 10.0 Å². The largest absolute Gasteiger partial charge is 0.378 e. The Kier molecular flexibility index (Phi) is 7.29. The normalized spacial score (nSPS) is 11.8. The molecular formula is C19H25N5O4S. The van der Waals surface area contributed by atoms with Gasteiger partial charge >= 0.3 is 0 Å². The number of nitrogens with zero attached hydrogens (tertiary/aromatic N) is 4. The molecule has 0 aliphatic rings. The molecule has 9 nitrogen and oxygen atoms in total. The lowest BCUT2D eigenvalue weighted by molar-refractivity contribution is -0.384. The first-order valence-electron chi connectivity index (χ1n) is 9.05. The van der Waals surface area contributed by atoms with Crippen molar-refractivity contribution in [1.29, 1.82) is 0 Å². The van der Waals surface area contributed by atoms with Crippen molar-refractivity contribution < 1.29 is 13.3 Å². The molecule has 0 saturated heterocycles. The fourth-order valence-electron chi connectivity index (χ4n) is 2.66. The van der Waals surface area contributed by atoms with Crippen LogP contribution in [0.1, 0.15) is 19.4 Å². The van der Waals surface area contributed by atoms with Crippen LogP contribution < -0.4 is 10.3 Å². The lowest BCUT2D eigenvalue weighted by Gasteiger charge is -2.18. The maximum atomic E-state index is 12.6. The zero-order valence-corrected chi connectivity index (χ0v) is 17.7. The van der Waals surface area contributed by atoms with Gasteiger partial charge in [0.2, 0.25) is 10.0 Å². The van der Waals surface area contributed by atoms with Gasteiger partial charge < -0.3 is 4.90 Å². The van der Waals surface area contributed by atoms with Gasteiger partial charge in [0.25, 0.3) is 5.69 Å². The Balaban J connectivity index is 2.26. The van der Waals surface area contributed by atoms with Gasteiger partial charge in [0, 0.05) is 38.9 Å². The molecule has 0 aliphatic carbocycles. The van der Waals surface area contributed by atoms with Gasteiger partial charge in [-0.3, -0.25) is 15.5 Å². The van der Waals surface area contributed by atoms with Crippen molar-refractivity contribution in [2.24, 2.45) is 5.10 Å². The highest BCUT2D eigenvalue weighted by Crippen LogP contribution is 2.29. The molecule has 0 aromatic heterocycles. The molecule has 0 atom stereocenters. The van der Waals surface area contributed by atoms with Crippen LogP contribution in [0, 0.1) is 10.1 Å². The van der Waals surface area contributed by atoms with Crippen LogP contribution in [0.4, 0.5) is 17.1 Å². The van der Waals surface area contributed by atoms with Crippen LogP contribution in [0.5, 0.6) is 0 Å². The minimum Gasteiger partial charge on any atom is -0.378 e. The fraction of sp³-hybridized carbons (Fsp3) is 0.316. The highest BCUT2D eigenvalue weighted by atomic mass is 32.2. The van der Waals surface area contributed by atoms with E-state index >= 15 is 0 Å². The molecule has 0 saturated carbocycles. The van der Waals surface area contributed by atoms with Crippen LogP contribution in [0.2, 0.25) is 0 Å². The van der Waals surface area contributed by atoms with Gasteiger partial charge in [0.05, 0.1) is 16.0 Å². The smallest absolute Gasteiger partial charge is 0.295 e. The van der Waals surface area contributed by atoms with E-state index in [9.17, 15) is 18.5 Å². The summed E-state index contributed by atoms with van der Waals surface area (Å²) in [5.74, 6) is 0. The summed E-state index contributed by atoms with van der Waals surface area (Å²) in [7, 11) is 0.0868. The standard InChI is InChI=1S/C19H25N5O4S/c1-5-23(6-2)29(27,28)17-11-12-18(19(13-17)24(25)26)21-20-14-15-7-9-16(10-8-15)22(3)4/h7-14,21H,5-6H2,1-4H3/b20-14-. The third-order valence-electron chi connectivity index (χ3n) is 4.32. The molecule has 2 aromatic rings. The van der Waals surface area contributed by atoms with Crippen LogP contribution in [-0.4, -0.2) is 51.0 Å². The molecule has 10 heteroatoms. The first-order chi connectivity index (χ1) is 13.7. The third-order valence-corrected chi connectivity index (χ3v) is 6.36. The zero-order valence-electron chi connectivity index (χ0n) is 16.9. The molecule has 0 spiro atoms. The van der Waals surface area contributed by atoms with Crippen LogP contribution >= 0.6 is 0 Å². The summed E-state index contributed by atoms with van der Waals surface area (Å²) in [4.78, 5) is 12.7. The molecule has 2 rings (SSSR count). The minimum absolute atomic E-state index is 0.106. The van der Waals surface area contributed by atoms with E-state index in [0.29, 0.717) is 0 Å². The van der Waals surface area contributed by atoms with Gasteiger partial charge in [-0.05, 0) is 29.8 Å². The molecule has 29 heavy (non-hydrogen) atoms. The lowest BCUT2D eigenvalue weighted by atomic mass is 10.2. The molecule has 0 amide bonds. The first-order valence-corrected chi connectivity index (χ1v) is 10.5. The summed E-state index contributed by atoms with van der Waals surface area (Å²) in [5, 5.41) is 15.5. The Bertz CT molecular complexity index is 984. The van der Waals surface area contributed by atoms with Crippen molar-refractivity contribution in [1.82, 2.24) is 4.31 Å². The number of nitrogens with one attached hydrogen (secondary N) is 1. The summed E-state index contributed by atoms with van der Waals surface area (Å²) in [6, 6.07) is 11.3. The molecule has 0 bridgehead atoms. The fourth-order valence-corrected chi connectivity index (χ4v) is 4.14. The Morgan fingerprint density at radius 3 is 2.24 bits per heavy atom. The number of hydrazone groups is 1. The molecule has 0 heterocycles. The van der Waals surface area contributed by atoms with E-state index in [4.69, 9.17) is 0 Å². The summed E-state index contributed by atoms with van der Waals surface area (Å²) in [6.45, 7) is 3.99. The predicted octanol–water partition coefficient (Wildman–Crippen LogP) is 3.14. The predicted molar refractivity (Wildman–Crippen MR) is 115 cm³/mol. The lowest BCUT2D eigenvalue weighted by Crippen LogP contribution is -2.30. The van der Waals surface area contributed by atoms with Crippen molar-refractivity contribution in [3.8, 4) is 0 Å². The van der Waals surface area contributed by atoms with Gasteiger partial charge in [-0.15, -0.1) is 0 Å². The van der Waals surface area contributed by atoms with E-state index in [0.717, 1.165) is 17.3 Å². The molecule has 0 aliphatic heterocycles. The number of nitro groups is 1. The summed E-state index contributed by atoms with van der Waals surface area (Å²) < 4.78 is 26.5. The van der Waals surface area contributed by atoms with Crippen molar-refractivity contribution in [2.45, 2.75) is 18.7 Å². The maximum absolute atomic E-state index is 12.6. The molecule has 0 unspecified atom stereocenters. The third kappa shape index (κ3) is 5.30. The summed E-state index contributed by atoms with van der Waals surface area (Å²) in [6.07, 6.45) is 1.53. The number of benzene rings is 2. The van der Waals surface area contributed by atoms with Gasteiger partial charge in [-0.25, -0.2) is 8.42 Å². The van der Waals surface area contributed by atoms with E-state index in [-0.39, 0.29) is 29.4 Å². The van der Waals surface area contributed by atoms with Gasteiger partial charge in [0.15, 0.2) is 0 Å². The molecule has 0 fully saturated rings. The second kappa shape index (κ2) is 9.48. The second-order valence-electron chi connectivity index (χ2n) is 6.38. The van der Waals surface area contributed by atoms with Crippen LogP contribution in [0.25, 0.3) is 0 Å². The van der Waals surface area contributed by atoms with Crippen molar-refractivity contribution in [3.05, 3.63) is 58.1 Å². The van der Waals surface area contributed by atoms with Crippen molar-refractivity contribution in [2.75, 3.05) is 37.5 Å². The molecular weight excluding hydrogens is 394 g/mol. The molecule has 2 aromatic carbocycles. The monoisotopic (exact) mass is 419 g/mol. The number of rotatable bonds is 9. The number of anilines is 2. The zero-order chi connectivity index (χ0) is 21.6. The maximum Gasteiger partial charge on any atom is 0.295 e. The average Bonchev–Trinajstić information content (AvgIpc) is 2.69. The number of sulfonamides is 1. The number of nitro benzene ring substituents is 1. The van der Waals surface area contributed by atoms with E-state index < -0.39 is 14.9 Å². The first kappa shape index (κ1) is 22.3. The van der Waals surface area contributed by atoms with E-state index in [1.54, 1.807) is 13.8 Å². The molecule has 156 valence electrons. The average molecular weight is 420 g/mol. The Labute approximate surface area is 170 Å². The van der Waals surface area contributed by atoms with Gasteiger partial charge in [-0.2, -0.15) is 9.41 Å². The van der Waals surface area contributed by atoms with E-state index in [1.165, 1.54) is 22.7 Å². The van der Waals surface area contributed by atoms with Gasteiger partial charge in [0.1, 0.15) is 5.69 Å². The van der Waals surface area contributed by atoms with Crippen LogP contribution in [0.3, 0.4) is 0 Å². The van der Waals surface area contributed by atoms with E-state index in [2.05, 4.69) is 10.5 Å². The van der Waals surface area contributed by atoms with Crippen molar-refractivity contribution >= 4 is 33.3 Å². The highest BCUT2D eigenvalue weighted by Gasteiger charge is 2.25. The van der Waals surface area contributed by atoms with Crippen molar-refractivity contribution in [3.63, 3.8) is 0 Å². The van der Waals surface area contributed by atoms with Gasteiger partial charge in [-0.1, -0.05) is 26.0 Å². The highest BCUT2D eigenvalue weighted by molar-refractivity contribution is 7.89. The Hall–Kier alpha value is -2.98. The summed E-state index contributed by atoms with van der Waals surface area (Å²) >= 11 is 0.